The van der Waals surface area contributed by atoms with Gasteiger partial charge in [-0.2, -0.15) is 9.36 Å². The van der Waals surface area contributed by atoms with Gasteiger partial charge in [0.05, 0.1) is 5.69 Å². The summed E-state index contributed by atoms with van der Waals surface area (Å²) >= 11 is 6.92. The average Bonchev–Trinajstić information content (AvgIpc) is 3.28. The Labute approximate surface area is 168 Å². The third-order valence-electron chi connectivity index (χ3n) is 3.92. The molecule has 0 saturated carbocycles. The van der Waals surface area contributed by atoms with Crippen molar-refractivity contribution in [3.63, 3.8) is 0 Å². The third kappa shape index (κ3) is 3.49. The number of anilines is 1. The molecule has 0 unspecified atom stereocenters. The summed E-state index contributed by atoms with van der Waals surface area (Å²) in [6, 6.07) is 12.8. The van der Waals surface area contributed by atoms with Gasteiger partial charge >= 0.3 is 0 Å². The van der Waals surface area contributed by atoms with E-state index in [0.29, 0.717) is 32.9 Å². The Bertz CT molecular complexity index is 1170. The molecule has 1 N–H and O–H groups in total. The van der Waals surface area contributed by atoms with E-state index in [4.69, 9.17) is 11.6 Å². The zero-order chi connectivity index (χ0) is 19.7. The van der Waals surface area contributed by atoms with Gasteiger partial charge in [0.1, 0.15) is 11.5 Å². The maximum Gasteiger partial charge on any atom is 0.257 e. The van der Waals surface area contributed by atoms with Crippen molar-refractivity contribution in [2.45, 2.75) is 6.92 Å². The van der Waals surface area contributed by atoms with Crippen molar-refractivity contribution < 1.29 is 9.18 Å². The van der Waals surface area contributed by atoms with Crippen molar-refractivity contribution in [1.82, 2.24) is 24.4 Å². The van der Waals surface area contributed by atoms with Crippen molar-refractivity contribution in [2.75, 3.05) is 5.32 Å². The number of nitrogens with one attached hydrogen (secondary N) is 1. The fraction of sp³-hybridized carbons (Fsp3) is 0.0556. The number of benzene rings is 2. The fourth-order valence-corrected chi connectivity index (χ4v) is 3.31. The molecule has 10 heteroatoms. The van der Waals surface area contributed by atoms with Crippen LogP contribution in [0, 0.1) is 12.7 Å². The predicted molar refractivity (Wildman–Crippen MR) is 104 cm³/mol. The maximum absolute atomic E-state index is 14.0. The standard InChI is InChI=1S/C18H12ClFN6OS/c1-10-15(23-25-26(10)14-8-3-2-7-13(14)20)16-21-18(28-24-16)22-17(27)11-5-4-6-12(19)9-11/h2-9H,1H3,(H,21,22,24,27). The number of para-hydroxylation sites is 1. The number of rotatable bonds is 4. The summed E-state index contributed by atoms with van der Waals surface area (Å²) in [5, 5.41) is 11.5. The number of hydrogen-bond donors (Lipinski definition) is 1. The van der Waals surface area contributed by atoms with Crippen LogP contribution in [0.1, 0.15) is 16.1 Å². The number of nitrogens with zero attached hydrogens (tertiary/aromatic N) is 5. The summed E-state index contributed by atoms with van der Waals surface area (Å²) in [7, 11) is 0. The van der Waals surface area contributed by atoms with Crippen LogP contribution < -0.4 is 5.32 Å². The molecular formula is C18H12ClFN6OS. The molecule has 28 heavy (non-hydrogen) atoms. The van der Waals surface area contributed by atoms with E-state index >= 15 is 0 Å². The Morgan fingerprint density at radius 3 is 2.82 bits per heavy atom. The van der Waals surface area contributed by atoms with Gasteiger partial charge in [-0.15, -0.1) is 5.10 Å². The molecule has 0 bridgehead atoms. The lowest BCUT2D eigenvalue weighted by molar-refractivity contribution is 0.102. The Kier molecular flexibility index (Phi) is 4.84. The molecule has 2 aromatic carbocycles. The minimum Gasteiger partial charge on any atom is -0.297 e. The van der Waals surface area contributed by atoms with E-state index in [0.717, 1.165) is 11.5 Å². The molecule has 0 spiro atoms. The number of amides is 1. The Morgan fingerprint density at radius 2 is 2.04 bits per heavy atom. The van der Waals surface area contributed by atoms with Crippen molar-refractivity contribution in [1.29, 1.82) is 0 Å². The minimum absolute atomic E-state index is 0.281. The van der Waals surface area contributed by atoms with Crippen LogP contribution in [-0.2, 0) is 0 Å². The molecule has 0 aliphatic rings. The van der Waals surface area contributed by atoms with Gasteiger partial charge in [0.25, 0.3) is 5.91 Å². The summed E-state index contributed by atoms with van der Waals surface area (Å²) in [5.74, 6) is -0.467. The van der Waals surface area contributed by atoms with Gasteiger partial charge in [-0.3, -0.25) is 10.1 Å². The minimum atomic E-state index is -0.414. The first-order valence-electron chi connectivity index (χ1n) is 8.11. The second kappa shape index (κ2) is 7.45. The van der Waals surface area contributed by atoms with Crippen LogP contribution >= 0.6 is 23.1 Å². The molecule has 1 amide bonds. The van der Waals surface area contributed by atoms with E-state index in [1.165, 1.54) is 10.7 Å². The zero-order valence-electron chi connectivity index (χ0n) is 14.4. The van der Waals surface area contributed by atoms with Gasteiger partial charge in [-0.25, -0.2) is 9.07 Å². The van der Waals surface area contributed by atoms with Crippen molar-refractivity contribution in [3.8, 4) is 17.2 Å². The first kappa shape index (κ1) is 18.2. The van der Waals surface area contributed by atoms with Gasteiger partial charge in [0, 0.05) is 22.1 Å². The number of carbonyl (C=O) groups excluding carboxylic acids is 1. The monoisotopic (exact) mass is 414 g/mol. The van der Waals surface area contributed by atoms with Crippen LogP contribution in [-0.4, -0.2) is 30.3 Å². The molecule has 0 fully saturated rings. The van der Waals surface area contributed by atoms with Gasteiger partial charge in [0.2, 0.25) is 5.13 Å². The molecule has 2 heterocycles. The Balaban J connectivity index is 1.58. The second-order valence-corrected chi connectivity index (χ2v) is 6.96. The van der Waals surface area contributed by atoms with Gasteiger partial charge in [0.15, 0.2) is 11.5 Å². The summed E-state index contributed by atoms with van der Waals surface area (Å²) < 4.78 is 19.6. The lowest BCUT2D eigenvalue weighted by Gasteiger charge is -2.03. The number of aromatic nitrogens is 5. The first-order chi connectivity index (χ1) is 13.5. The Morgan fingerprint density at radius 1 is 1.21 bits per heavy atom. The smallest absolute Gasteiger partial charge is 0.257 e. The van der Waals surface area contributed by atoms with Crippen LogP contribution in [0.15, 0.2) is 48.5 Å². The molecule has 0 saturated heterocycles. The highest BCUT2D eigenvalue weighted by Crippen LogP contribution is 2.25. The van der Waals surface area contributed by atoms with Gasteiger partial charge < -0.3 is 0 Å². The van der Waals surface area contributed by atoms with Crippen LogP contribution in [0.4, 0.5) is 9.52 Å². The van der Waals surface area contributed by atoms with E-state index < -0.39 is 5.82 Å². The molecular weight excluding hydrogens is 403 g/mol. The summed E-state index contributed by atoms with van der Waals surface area (Å²) in [6.45, 7) is 1.74. The lowest BCUT2D eigenvalue weighted by atomic mass is 10.2. The summed E-state index contributed by atoms with van der Waals surface area (Å²) in [4.78, 5) is 16.6. The Hall–Kier alpha value is -3.17. The second-order valence-electron chi connectivity index (χ2n) is 5.77. The van der Waals surface area contributed by atoms with E-state index in [2.05, 4.69) is 25.0 Å². The third-order valence-corrected chi connectivity index (χ3v) is 4.79. The first-order valence-corrected chi connectivity index (χ1v) is 9.26. The molecule has 0 aliphatic heterocycles. The molecule has 0 radical (unpaired) electrons. The van der Waals surface area contributed by atoms with E-state index in [9.17, 15) is 9.18 Å². The molecule has 2 aromatic heterocycles. The molecule has 7 nitrogen and oxygen atoms in total. The number of carbonyl (C=O) groups is 1. The molecule has 140 valence electrons. The van der Waals surface area contributed by atoms with Gasteiger partial charge in [-0.1, -0.05) is 35.0 Å². The molecule has 4 aromatic rings. The molecule has 4 rings (SSSR count). The zero-order valence-corrected chi connectivity index (χ0v) is 16.0. The van der Waals surface area contributed by atoms with Crippen LogP contribution in [0.25, 0.3) is 17.2 Å². The normalized spacial score (nSPS) is 10.8. The number of hydrogen-bond acceptors (Lipinski definition) is 6. The highest BCUT2D eigenvalue weighted by Gasteiger charge is 2.19. The van der Waals surface area contributed by atoms with Crippen molar-refractivity contribution in [3.05, 3.63) is 70.6 Å². The van der Waals surface area contributed by atoms with E-state index in [1.807, 2.05) is 0 Å². The highest BCUT2D eigenvalue weighted by molar-refractivity contribution is 7.10. The summed E-state index contributed by atoms with van der Waals surface area (Å²) in [5.41, 5.74) is 1.67. The van der Waals surface area contributed by atoms with Crippen LogP contribution in [0.2, 0.25) is 5.02 Å². The number of halogens is 2. The van der Waals surface area contributed by atoms with E-state index in [1.54, 1.807) is 49.4 Å². The molecule has 0 atom stereocenters. The van der Waals surface area contributed by atoms with Crippen molar-refractivity contribution in [2.24, 2.45) is 0 Å². The highest BCUT2D eigenvalue weighted by atomic mass is 35.5. The largest absolute Gasteiger partial charge is 0.297 e. The molecule has 0 aliphatic carbocycles. The SMILES string of the molecule is Cc1c(-c2nsc(NC(=O)c3cccc(Cl)c3)n2)nnn1-c1ccccc1F. The lowest BCUT2D eigenvalue weighted by Crippen LogP contribution is -2.11. The van der Waals surface area contributed by atoms with Gasteiger partial charge in [-0.05, 0) is 37.3 Å². The van der Waals surface area contributed by atoms with Crippen molar-refractivity contribution >= 4 is 34.2 Å². The summed E-state index contributed by atoms with van der Waals surface area (Å²) in [6.07, 6.45) is 0. The predicted octanol–water partition coefficient (Wildman–Crippen LogP) is 4.14. The average molecular weight is 415 g/mol. The quantitative estimate of drug-likeness (QED) is 0.542. The van der Waals surface area contributed by atoms with Crippen LogP contribution in [0.5, 0.6) is 0 Å². The van der Waals surface area contributed by atoms with Crippen LogP contribution in [0.3, 0.4) is 0 Å². The maximum atomic E-state index is 14.0. The fourth-order valence-electron chi connectivity index (χ4n) is 2.56. The van der Waals surface area contributed by atoms with E-state index in [-0.39, 0.29) is 11.6 Å². The topological polar surface area (TPSA) is 85.6 Å².